The van der Waals surface area contributed by atoms with Gasteiger partial charge in [0.15, 0.2) is 5.11 Å². The van der Waals surface area contributed by atoms with Crippen LogP contribution < -0.4 is 10.1 Å². The maximum atomic E-state index is 14.2. The third-order valence-corrected chi connectivity index (χ3v) is 6.28. The summed E-state index contributed by atoms with van der Waals surface area (Å²) < 4.78 is 25.2. The van der Waals surface area contributed by atoms with Crippen molar-refractivity contribution in [3.05, 3.63) is 107 Å². The van der Waals surface area contributed by atoms with Crippen molar-refractivity contribution in [2.24, 2.45) is 0 Å². The van der Waals surface area contributed by atoms with E-state index in [1.165, 1.54) is 12.1 Å². The molecule has 1 aromatic heterocycles. The summed E-state index contributed by atoms with van der Waals surface area (Å²) in [4.78, 5) is 6.69. The Bertz CT molecular complexity index is 1400. The lowest BCUT2D eigenvalue weighted by molar-refractivity contribution is 0.395. The van der Waals surface area contributed by atoms with E-state index in [1.807, 2.05) is 72.5 Å². The van der Waals surface area contributed by atoms with E-state index in [0.29, 0.717) is 34.7 Å². The minimum Gasteiger partial charge on any atom is -0.497 e. The maximum absolute atomic E-state index is 14.2. The number of methoxy groups -OCH3 is 1. The monoisotopic (exact) mass is 486 g/mol. The van der Waals surface area contributed by atoms with E-state index in [2.05, 4.69) is 10.5 Å². The van der Waals surface area contributed by atoms with Crippen LogP contribution in [0.15, 0.2) is 89.1 Å². The van der Waals surface area contributed by atoms with Crippen molar-refractivity contribution in [1.82, 2.24) is 20.4 Å². The first-order valence-corrected chi connectivity index (χ1v) is 11.5. The molecule has 5 rings (SSSR count). The first-order chi connectivity index (χ1) is 17.0. The number of ether oxygens (including phenoxy) is 1. The van der Waals surface area contributed by atoms with E-state index < -0.39 is 6.04 Å². The fourth-order valence-electron chi connectivity index (χ4n) is 4.16. The number of thiocarbonyl (C=S) groups is 1. The topological polar surface area (TPSA) is 63.4 Å². The second-order valence-electron chi connectivity index (χ2n) is 8.16. The van der Waals surface area contributed by atoms with Crippen LogP contribution in [0.25, 0.3) is 17.0 Å². The molecule has 0 amide bonds. The molecule has 0 fully saturated rings. The Morgan fingerprint density at radius 2 is 1.86 bits per heavy atom. The van der Waals surface area contributed by atoms with Gasteiger partial charge in [-0.25, -0.2) is 4.39 Å². The van der Waals surface area contributed by atoms with Crippen LogP contribution in [0.2, 0.25) is 0 Å². The molecule has 0 bridgehead atoms. The number of allylic oxidation sites excluding steroid dienone is 1. The zero-order valence-corrected chi connectivity index (χ0v) is 20.1. The molecule has 0 aliphatic carbocycles. The third kappa shape index (κ3) is 4.65. The smallest absolute Gasteiger partial charge is 0.258 e. The molecule has 8 heteroatoms. The molecule has 0 radical (unpaired) electrons. The molecule has 2 heterocycles. The number of aromatic nitrogens is 2. The largest absolute Gasteiger partial charge is 0.497 e. The van der Waals surface area contributed by atoms with Crippen molar-refractivity contribution in [2.75, 3.05) is 7.11 Å². The fourth-order valence-corrected chi connectivity index (χ4v) is 4.48. The summed E-state index contributed by atoms with van der Waals surface area (Å²) in [7, 11) is 1.61. The van der Waals surface area contributed by atoms with Gasteiger partial charge in [0.05, 0.1) is 18.7 Å². The van der Waals surface area contributed by atoms with Gasteiger partial charge in [0, 0.05) is 17.8 Å². The molecule has 0 saturated carbocycles. The van der Waals surface area contributed by atoms with Crippen molar-refractivity contribution in [3.63, 3.8) is 0 Å². The zero-order valence-electron chi connectivity index (χ0n) is 19.2. The van der Waals surface area contributed by atoms with Gasteiger partial charge in [0.2, 0.25) is 5.82 Å². The van der Waals surface area contributed by atoms with Gasteiger partial charge >= 0.3 is 0 Å². The molecule has 3 aromatic carbocycles. The second kappa shape index (κ2) is 9.68. The summed E-state index contributed by atoms with van der Waals surface area (Å²) in [6.07, 6.45) is 0. The highest BCUT2D eigenvalue weighted by Crippen LogP contribution is 2.38. The first kappa shape index (κ1) is 22.7. The van der Waals surface area contributed by atoms with Gasteiger partial charge in [0.1, 0.15) is 11.6 Å². The summed E-state index contributed by atoms with van der Waals surface area (Å²) in [6, 6.07) is 23.5. The van der Waals surface area contributed by atoms with E-state index in [0.717, 1.165) is 22.4 Å². The highest BCUT2D eigenvalue weighted by atomic mass is 32.1. The molecular formula is C27H23FN4O2S. The Kier molecular flexibility index (Phi) is 6.29. The number of nitrogens with one attached hydrogen (secondary N) is 1. The molecule has 0 spiro atoms. The molecule has 35 heavy (non-hydrogen) atoms. The lowest BCUT2D eigenvalue weighted by atomic mass is 9.94. The van der Waals surface area contributed by atoms with Crippen LogP contribution in [-0.4, -0.2) is 27.3 Å². The number of hydrogen-bond donors (Lipinski definition) is 1. The Morgan fingerprint density at radius 3 is 2.63 bits per heavy atom. The normalized spacial score (nSPS) is 15.8. The molecular weight excluding hydrogens is 463 g/mol. The highest BCUT2D eigenvalue weighted by molar-refractivity contribution is 7.80. The Morgan fingerprint density at radius 1 is 1.06 bits per heavy atom. The second-order valence-corrected chi connectivity index (χ2v) is 8.55. The number of benzene rings is 3. The van der Waals surface area contributed by atoms with E-state index in [1.54, 1.807) is 13.2 Å². The van der Waals surface area contributed by atoms with Crippen molar-refractivity contribution in [1.29, 1.82) is 0 Å². The minimum atomic E-state index is -0.455. The first-order valence-electron chi connectivity index (χ1n) is 11.1. The average Bonchev–Trinajstić information content (AvgIpc) is 3.37. The van der Waals surface area contributed by atoms with E-state index in [4.69, 9.17) is 26.5 Å². The van der Waals surface area contributed by atoms with Gasteiger partial charge in [-0.1, -0.05) is 59.8 Å². The Labute approximate surface area is 208 Å². The lowest BCUT2D eigenvalue weighted by Crippen LogP contribution is -2.45. The van der Waals surface area contributed by atoms with Crippen LogP contribution in [0.3, 0.4) is 0 Å². The van der Waals surface area contributed by atoms with E-state index in [9.17, 15) is 4.39 Å². The van der Waals surface area contributed by atoms with Crippen LogP contribution in [-0.2, 0) is 6.54 Å². The Hall–Kier alpha value is -4.04. The molecule has 4 aromatic rings. The summed E-state index contributed by atoms with van der Waals surface area (Å²) in [5, 5.41) is 8.12. The van der Waals surface area contributed by atoms with Crippen molar-refractivity contribution >= 4 is 22.9 Å². The summed E-state index contributed by atoms with van der Waals surface area (Å²) in [5.41, 5.74) is 4.17. The molecule has 1 atom stereocenters. The van der Waals surface area contributed by atoms with Gasteiger partial charge in [0.25, 0.3) is 5.89 Å². The van der Waals surface area contributed by atoms with Gasteiger partial charge in [-0.3, -0.25) is 0 Å². The zero-order chi connectivity index (χ0) is 24.4. The number of nitrogens with zero attached hydrogens (tertiary/aromatic N) is 3. The van der Waals surface area contributed by atoms with Crippen molar-refractivity contribution in [3.8, 4) is 17.1 Å². The molecule has 1 N–H and O–H groups in total. The average molecular weight is 487 g/mol. The van der Waals surface area contributed by atoms with E-state index in [-0.39, 0.29) is 5.82 Å². The summed E-state index contributed by atoms with van der Waals surface area (Å²) >= 11 is 5.73. The summed E-state index contributed by atoms with van der Waals surface area (Å²) in [6.45, 7) is 2.53. The van der Waals surface area contributed by atoms with Crippen LogP contribution >= 0.6 is 12.2 Å². The van der Waals surface area contributed by atoms with Crippen molar-refractivity contribution < 1.29 is 13.7 Å². The molecule has 1 aliphatic rings. The lowest BCUT2D eigenvalue weighted by Gasteiger charge is -2.37. The molecule has 1 aliphatic heterocycles. The van der Waals surface area contributed by atoms with Crippen LogP contribution in [0.4, 0.5) is 4.39 Å². The van der Waals surface area contributed by atoms with Gasteiger partial charge < -0.3 is 19.5 Å². The molecule has 176 valence electrons. The van der Waals surface area contributed by atoms with Crippen LogP contribution in [0, 0.1) is 5.82 Å². The standard InChI is InChI=1S/C27H23FN4O2S/c1-17-23(26-30-25(31-34-26)20-11-7-13-22(15-20)33-2)24(19-10-6-12-21(28)14-19)29-27(35)32(17)16-18-8-4-3-5-9-18/h3-15,24H,16H2,1-2H3,(H,29,35). The molecule has 6 nitrogen and oxygen atoms in total. The highest BCUT2D eigenvalue weighted by Gasteiger charge is 2.34. The number of hydrogen-bond acceptors (Lipinski definition) is 5. The predicted octanol–water partition coefficient (Wildman–Crippen LogP) is 5.75. The maximum Gasteiger partial charge on any atom is 0.258 e. The van der Waals surface area contributed by atoms with Gasteiger partial charge in [-0.05, 0) is 54.5 Å². The third-order valence-electron chi connectivity index (χ3n) is 5.95. The van der Waals surface area contributed by atoms with Crippen LogP contribution in [0.1, 0.15) is 30.0 Å². The van der Waals surface area contributed by atoms with E-state index >= 15 is 0 Å². The minimum absolute atomic E-state index is 0.332. The Balaban J connectivity index is 1.60. The molecule has 1 unspecified atom stereocenters. The quantitative estimate of drug-likeness (QED) is 0.348. The number of rotatable bonds is 6. The molecule has 0 saturated heterocycles. The summed E-state index contributed by atoms with van der Waals surface area (Å²) in [5.74, 6) is 1.13. The predicted molar refractivity (Wildman–Crippen MR) is 136 cm³/mol. The van der Waals surface area contributed by atoms with Crippen molar-refractivity contribution in [2.45, 2.75) is 19.5 Å². The van der Waals surface area contributed by atoms with Gasteiger partial charge in [-0.15, -0.1) is 0 Å². The fraction of sp³-hybridized carbons (Fsp3) is 0.148. The van der Waals surface area contributed by atoms with Gasteiger partial charge in [-0.2, -0.15) is 4.98 Å². The number of halogens is 1. The SMILES string of the molecule is COc1cccc(-c2noc(C3=C(C)N(Cc4ccccc4)C(=S)NC3c3cccc(F)c3)n2)c1. The van der Waals surface area contributed by atoms with Crippen LogP contribution in [0.5, 0.6) is 5.75 Å².